The molecule has 0 aromatic carbocycles. The molecule has 0 heterocycles. The molecule has 64 valence electrons. The van der Waals surface area contributed by atoms with Gasteiger partial charge in [-0.1, -0.05) is 48.0 Å². The Bertz CT molecular complexity index is 64.1. The van der Waals surface area contributed by atoms with Crippen molar-refractivity contribution in [1.82, 2.24) is 0 Å². The standard InChI is InChI=1S/C8H16.2CH4/c1-8(2)6-4-3-5-7-8;;/h3-7H2,1-2H3;2*1H4. The van der Waals surface area contributed by atoms with E-state index in [4.69, 9.17) is 0 Å². The van der Waals surface area contributed by atoms with E-state index in [1.54, 1.807) is 0 Å². The molecule has 0 aromatic heterocycles. The first-order valence-corrected chi connectivity index (χ1v) is 3.71. The zero-order valence-electron chi connectivity index (χ0n) is 6.04. The smallest absolute Gasteiger partial charge is 0.0354 e. The average molecular weight is 144 g/mol. The van der Waals surface area contributed by atoms with Crippen LogP contribution >= 0.6 is 0 Å². The van der Waals surface area contributed by atoms with Crippen LogP contribution in [0, 0.1) is 5.41 Å². The Morgan fingerprint density at radius 3 is 1.40 bits per heavy atom. The highest BCUT2D eigenvalue weighted by molar-refractivity contribution is 4.72. The zero-order chi connectivity index (χ0) is 6.04. The maximum atomic E-state index is 2.38. The van der Waals surface area contributed by atoms with Crippen LogP contribution < -0.4 is 0 Å². The Labute approximate surface area is 67.0 Å². The van der Waals surface area contributed by atoms with Crippen LogP contribution in [0.15, 0.2) is 0 Å². The lowest BCUT2D eigenvalue weighted by atomic mass is 9.78. The SMILES string of the molecule is C.C.CC1(C)CCCCC1. The summed E-state index contributed by atoms with van der Waals surface area (Å²) in [5.74, 6) is 0. The summed E-state index contributed by atoms with van der Waals surface area (Å²) in [5, 5.41) is 0. The van der Waals surface area contributed by atoms with Gasteiger partial charge in [0.2, 0.25) is 0 Å². The van der Waals surface area contributed by atoms with Crippen molar-refractivity contribution in [3.05, 3.63) is 0 Å². The average Bonchev–Trinajstić information content (AvgIpc) is 1.65. The van der Waals surface area contributed by atoms with Crippen molar-refractivity contribution in [3.63, 3.8) is 0 Å². The molecule has 1 aliphatic carbocycles. The first-order chi connectivity index (χ1) is 3.71. The summed E-state index contributed by atoms with van der Waals surface area (Å²) < 4.78 is 0. The molecule has 0 aromatic rings. The molecule has 0 N–H and O–H groups in total. The summed E-state index contributed by atoms with van der Waals surface area (Å²) in [5.41, 5.74) is 0.679. The van der Waals surface area contributed by atoms with Crippen molar-refractivity contribution in [2.45, 2.75) is 60.8 Å². The summed E-state index contributed by atoms with van der Waals surface area (Å²) in [6, 6.07) is 0. The Kier molecular flexibility index (Phi) is 6.02. The van der Waals surface area contributed by atoms with E-state index < -0.39 is 0 Å². The summed E-state index contributed by atoms with van der Waals surface area (Å²) in [6.45, 7) is 4.76. The number of hydrogen-bond donors (Lipinski definition) is 0. The minimum absolute atomic E-state index is 0. The van der Waals surface area contributed by atoms with Gasteiger partial charge in [0, 0.05) is 0 Å². The third kappa shape index (κ3) is 3.92. The van der Waals surface area contributed by atoms with Gasteiger partial charge in [-0.15, -0.1) is 0 Å². The number of hydrogen-bond acceptors (Lipinski definition) is 0. The van der Waals surface area contributed by atoms with Crippen molar-refractivity contribution >= 4 is 0 Å². The van der Waals surface area contributed by atoms with Gasteiger partial charge in [0.25, 0.3) is 0 Å². The van der Waals surface area contributed by atoms with Gasteiger partial charge in [-0.25, -0.2) is 0 Å². The summed E-state index contributed by atoms with van der Waals surface area (Å²) in [7, 11) is 0. The van der Waals surface area contributed by atoms with Crippen molar-refractivity contribution < 1.29 is 0 Å². The van der Waals surface area contributed by atoms with Gasteiger partial charge in [-0.05, 0) is 18.3 Å². The van der Waals surface area contributed by atoms with E-state index in [0.717, 1.165) is 0 Å². The molecule has 0 heteroatoms. The lowest BCUT2D eigenvalue weighted by molar-refractivity contribution is 0.244. The molecule has 0 amide bonds. The first kappa shape index (κ1) is 12.7. The van der Waals surface area contributed by atoms with E-state index in [2.05, 4.69) is 13.8 Å². The number of rotatable bonds is 0. The van der Waals surface area contributed by atoms with Gasteiger partial charge in [0.05, 0.1) is 0 Å². The minimum atomic E-state index is 0. The molecule has 1 aliphatic rings. The van der Waals surface area contributed by atoms with Gasteiger partial charge in [-0.3, -0.25) is 0 Å². The maximum Gasteiger partial charge on any atom is -0.0354 e. The molecule has 0 radical (unpaired) electrons. The largest absolute Gasteiger partial charge is 0.0776 e. The van der Waals surface area contributed by atoms with Crippen LogP contribution in [0.4, 0.5) is 0 Å². The third-order valence-electron chi connectivity index (χ3n) is 2.21. The molecular formula is C10H24. The van der Waals surface area contributed by atoms with E-state index in [1.165, 1.54) is 32.1 Å². The third-order valence-corrected chi connectivity index (χ3v) is 2.21. The Morgan fingerprint density at radius 2 is 1.20 bits per heavy atom. The van der Waals surface area contributed by atoms with Crippen LogP contribution in [0.1, 0.15) is 60.8 Å². The molecule has 0 atom stereocenters. The van der Waals surface area contributed by atoms with Gasteiger partial charge in [0.1, 0.15) is 0 Å². The molecular weight excluding hydrogens is 120 g/mol. The fourth-order valence-corrected chi connectivity index (χ4v) is 1.51. The first-order valence-electron chi connectivity index (χ1n) is 3.71. The van der Waals surface area contributed by atoms with Gasteiger partial charge < -0.3 is 0 Å². The summed E-state index contributed by atoms with van der Waals surface area (Å²) in [6.07, 6.45) is 7.31. The van der Waals surface area contributed by atoms with Crippen molar-refractivity contribution in [2.24, 2.45) is 5.41 Å². The highest BCUT2D eigenvalue weighted by Gasteiger charge is 2.19. The fraction of sp³-hybridized carbons (Fsp3) is 1.00. The lowest BCUT2D eigenvalue weighted by Crippen LogP contribution is -2.14. The summed E-state index contributed by atoms with van der Waals surface area (Å²) in [4.78, 5) is 0. The Hall–Kier alpha value is 0. The molecule has 1 fully saturated rings. The zero-order valence-corrected chi connectivity index (χ0v) is 6.04. The van der Waals surface area contributed by atoms with E-state index in [-0.39, 0.29) is 14.9 Å². The highest BCUT2D eigenvalue weighted by atomic mass is 14.3. The molecule has 10 heavy (non-hydrogen) atoms. The molecule has 0 unspecified atom stereocenters. The quantitative estimate of drug-likeness (QED) is 0.477. The fourth-order valence-electron chi connectivity index (χ4n) is 1.51. The van der Waals surface area contributed by atoms with Crippen molar-refractivity contribution in [2.75, 3.05) is 0 Å². The van der Waals surface area contributed by atoms with Crippen LogP contribution in [0.3, 0.4) is 0 Å². The van der Waals surface area contributed by atoms with Gasteiger partial charge in [-0.2, -0.15) is 0 Å². The monoisotopic (exact) mass is 144 g/mol. The second-order valence-corrected chi connectivity index (χ2v) is 3.72. The topological polar surface area (TPSA) is 0 Å². The predicted octanol–water partition coefficient (Wildman–Crippen LogP) is 4.25. The second-order valence-electron chi connectivity index (χ2n) is 3.72. The highest BCUT2D eigenvalue weighted by Crippen LogP contribution is 2.34. The molecule has 0 nitrogen and oxygen atoms in total. The lowest BCUT2D eigenvalue weighted by Gasteiger charge is -2.28. The van der Waals surface area contributed by atoms with E-state index >= 15 is 0 Å². The van der Waals surface area contributed by atoms with Crippen LogP contribution in [0.2, 0.25) is 0 Å². The van der Waals surface area contributed by atoms with Gasteiger partial charge >= 0.3 is 0 Å². The molecule has 0 spiro atoms. The van der Waals surface area contributed by atoms with Crippen LogP contribution in [0.25, 0.3) is 0 Å². The summed E-state index contributed by atoms with van der Waals surface area (Å²) >= 11 is 0. The molecule has 0 saturated heterocycles. The van der Waals surface area contributed by atoms with Gasteiger partial charge in [0.15, 0.2) is 0 Å². The normalized spacial score (nSPS) is 22.2. The van der Waals surface area contributed by atoms with Crippen molar-refractivity contribution in [1.29, 1.82) is 0 Å². The second kappa shape index (κ2) is 4.76. The molecule has 1 rings (SSSR count). The molecule has 0 bridgehead atoms. The predicted molar refractivity (Wildman–Crippen MR) is 50.3 cm³/mol. The van der Waals surface area contributed by atoms with Crippen molar-refractivity contribution in [3.8, 4) is 0 Å². The Morgan fingerprint density at radius 1 is 0.800 bits per heavy atom. The van der Waals surface area contributed by atoms with E-state index in [9.17, 15) is 0 Å². The maximum absolute atomic E-state index is 2.38. The molecule has 1 saturated carbocycles. The van der Waals surface area contributed by atoms with E-state index in [0.29, 0.717) is 5.41 Å². The minimum Gasteiger partial charge on any atom is -0.0776 e. The van der Waals surface area contributed by atoms with E-state index in [1.807, 2.05) is 0 Å². The van der Waals surface area contributed by atoms with Crippen LogP contribution in [-0.2, 0) is 0 Å². The molecule has 0 aliphatic heterocycles. The van der Waals surface area contributed by atoms with Crippen LogP contribution in [-0.4, -0.2) is 0 Å². The van der Waals surface area contributed by atoms with Crippen LogP contribution in [0.5, 0.6) is 0 Å². The Balaban J connectivity index is 0.